The third-order valence-corrected chi connectivity index (χ3v) is 4.21. The molecule has 0 saturated heterocycles. The molecule has 1 heterocycles. The van der Waals surface area contributed by atoms with Gasteiger partial charge in [-0.05, 0) is 32.3 Å². The van der Waals surface area contributed by atoms with Gasteiger partial charge in [-0.15, -0.1) is 11.3 Å². The van der Waals surface area contributed by atoms with Crippen LogP contribution in [0.25, 0.3) is 0 Å². The lowest BCUT2D eigenvalue weighted by molar-refractivity contribution is -0.126. The maximum Gasteiger partial charge on any atom is 0.261 e. The minimum atomic E-state index is -0.138. The van der Waals surface area contributed by atoms with Gasteiger partial charge in [-0.3, -0.25) is 14.5 Å². The molecule has 1 aromatic rings. The summed E-state index contributed by atoms with van der Waals surface area (Å²) in [6.07, 6.45) is 2.84. The van der Waals surface area contributed by atoms with Gasteiger partial charge in [0.15, 0.2) is 0 Å². The fraction of sp³-hybridized carbons (Fsp3) is 0.538. The summed E-state index contributed by atoms with van der Waals surface area (Å²) < 4.78 is 0. The summed E-state index contributed by atoms with van der Waals surface area (Å²) >= 11 is 1.65. The first kappa shape index (κ1) is 12.3. The number of hydrogen-bond donors (Lipinski definition) is 0. The lowest BCUT2D eigenvalue weighted by Gasteiger charge is -2.18. The van der Waals surface area contributed by atoms with Crippen molar-refractivity contribution in [1.82, 2.24) is 4.90 Å². The van der Waals surface area contributed by atoms with E-state index in [0.717, 1.165) is 24.1 Å². The topological polar surface area (TPSA) is 37.4 Å². The molecule has 1 aromatic heterocycles. The Morgan fingerprint density at radius 2 is 2.12 bits per heavy atom. The van der Waals surface area contributed by atoms with E-state index in [4.69, 9.17) is 0 Å². The van der Waals surface area contributed by atoms with Crippen molar-refractivity contribution in [3.8, 4) is 0 Å². The minimum absolute atomic E-state index is 0.117. The second-order valence-electron chi connectivity index (χ2n) is 4.46. The molecule has 0 bridgehead atoms. The third-order valence-electron chi connectivity index (χ3n) is 3.02. The SMILES string of the molecule is CCc1cc(C(=O)N(C(C)=O)C2CC2)c(C)s1. The van der Waals surface area contributed by atoms with Crippen molar-refractivity contribution in [2.24, 2.45) is 0 Å². The van der Waals surface area contributed by atoms with Gasteiger partial charge in [-0.2, -0.15) is 0 Å². The number of imide groups is 1. The molecule has 1 fully saturated rings. The Labute approximate surface area is 105 Å². The summed E-state index contributed by atoms with van der Waals surface area (Å²) in [5.41, 5.74) is 0.703. The standard InChI is InChI=1S/C13H17NO2S/c1-4-11-7-12(8(2)17-11)13(16)14(9(3)15)10-5-6-10/h7,10H,4-6H2,1-3H3. The third kappa shape index (κ3) is 2.41. The zero-order chi connectivity index (χ0) is 12.6. The average Bonchev–Trinajstić information content (AvgIpc) is 3.00. The largest absolute Gasteiger partial charge is 0.276 e. The highest BCUT2D eigenvalue weighted by molar-refractivity contribution is 7.12. The summed E-state index contributed by atoms with van der Waals surface area (Å²) in [6.45, 7) is 5.49. The van der Waals surface area contributed by atoms with Crippen molar-refractivity contribution in [2.45, 2.75) is 46.1 Å². The fourth-order valence-electron chi connectivity index (χ4n) is 1.96. The smallest absolute Gasteiger partial charge is 0.261 e. The molecule has 0 unspecified atom stereocenters. The minimum Gasteiger partial charge on any atom is -0.276 e. The Morgan fingerprint density at radius 1 is 1.47 bits per heavy atom. The molecule has 4 heteroatoms. The predicted octanol–water partition coefficient (Wildman–Crippen LogP) is 2.77. The monoisotopic (exact) mass is 251 g/mol. The quantitative estimate of drug-likeness (QED) is 0.828. The zero-order valence-corrected chi connectivity index (χ0v) is 11.3. The Morgan fingerprint density at radius 3 is 2.53 bits per heavy atom. The zero-order valence-electron chi connectivity index (χ0n) is 10.4. The molecule has 0 atom stereocenters. The highest BCUT2D eigenvalue weighted by Gasteiger charge is 2.36. The molecule has 1 aliphatic rings. The van der Waals surface area contributed by atoms with Gasteiger partial charge < -0.3 is 0 Å². The molecule has 17 heavy (non-hydrogen) atoms. The molecule has 2 amide bonds. The number of nitrogens with zero attached hydrogens (tertiary/aromatic N) is 1. The normalized spacial score (nSPS) is 14.8. The first-order valence-electron chi connectivity index (χ1n) is 5.98. The van der Waals surface area contributed by atoms with Gasteiger partial charge >= 0.3 is 0 Å². The van der Waals surface area contributed by atoms with Crippen LogP contribution in [0.15, 0.2) is 6.07 Å². The number of thiophene rings is 1. The first-order valence-corrected chi connectivity index (χ1v) is 6.79. The van der Waals surface area contributed by atoms with Crippen LogP contribution in [0.3, 0.4) is 0 Å². The second kappa shape index (κ2) is 4.61. The summed E-state index contributed by atoms with van der Waals surface area (Å²) in [7, 11) is 0. The van der Waals surface area contributed by atoms with E-state index in [1.165, 1.54) is 16.7 Å². The number of hydrogen-bond acceptors (Lipinski definition) is 3. The lowest BCUT2D eigenvalue weighted by atomic mass is 10.2. The molecule has 0 aliphatic heterocycles. The first-order chi connectivity index (χ1) is 8.04. The number of aryl methyl sites for hydroxylation is 2. The molecule has 92 valence electrons. The van der Waals surface area contributed by atoms with Gasteiger partial charge in [-0.1, -0.05) is 6.92 Å². The molecular formula is C13H17NO2S. The fourth-order valence-corrected chi connectivity index (χ4v) is 2.93. The van der Waals surface area contributed by atoms with Crippen LogP contribution in [-0.2, 0) is 11.2 Å². The van der Waals surface area contributed by atoms with Crippen molar-refractivity contribution in [3.05, 3.63) is 21.4 Å². The van der Waals surface area contributed by atoms with E-state index in [-0.39, 0.29) is 17.9 Å². The van der Waals surface area contributed by atoms with Gasteiger partial charge in [0, 0.05) is 22.7 Å². The maximum absolute atomic E-state index is 12.3. The van der Waals surface area contributed by atoms with Crippen molar-refractivity contribution >= 4 is 23.2 Å². The summed E-state index contributed by atoms with van der Waals surface area (Å²) in [4.78, 5) is 27.5. The van der Waals surface area contributed by atoms with Crippen LogP contribution in [0.1, 0.15) is 46.8 Å². The van der Waals surface area contributed by atoms with Crippen LogP contribution in [0, 0.1) is 6.92 Å². The van der Waals surface area contributed by atoms with E-state index in [2.05, 4.69) is 6.92 Å². The number of amides is 2. The molecule has 0 N–H and O–H groups in total. The van der Waals surface area contributed by atoms with E-state index in [0.29, 0.717) is 5.56 Å². The Kier molecular flexibility index (Phi) is 3.33. The molecule has 1 saturated carbocycles. The molecule has 0 spiro atoms. The average molecular weight is 251 g/mol. The highest BCUT2D eigenvalue weighted by Crippen LogP contribution is 2.30. The maximum atomic E-state index is 12.3. The number of rotatable bonds is 3. The Hall–Kier alpha value is -1.16. The molecule has 2 rings (SSSR count). The Balaban J connectivity index is 2.28. The van der Waals surface area contributed by atoms with Gasteiger partial charge in [0.2, 0.25) is 5.91 Å². The van der Waals surface area contributed by atoms with Crippen LogP contribution < -0.4 is 0 Å². The van der Waals surface area contributed by atoms with E-state index in [1.807, 2.05) is 13.0 Å². The summed E-state index contributed by atoms with van der Waals surface area (Å²) in [5.74, 6) is -0.255. The van der Waals surface area contributed by atoms with Crippen LogP contribution >= 0.6 is 11.3 Å². The van der Waals surface area contributed by atoms with Crippen LogP contribution in [-0.4, -0.2) is 22.8 Å². The molecule has 0 aromatic carbocycles. The van der Waals surface area contributed by atoms with Crippen molar-refractivity contribution in [1.29, 1.82) is 0 Å². The molecular weight excluding hydrogens is 234 g/mol. The van der Waals surface area contributed by atoms with Gasteiger partial charge in [0.05, 0.1) is 5.56 Å². The van der Waals surface area contributed by atoms with Crippen molar-refractivity contribution in [3.63, 3.8) is 0 Å². The highest BCUT2D eigenvalue weighted by atomic mass is 32.1. The predicted molar refractivity (Wildman–Crippen MR) is 68.3 cm³/mol. The van der Waals surface area contributed by atoms with Gasteiger partial charge in [0.1, 0.15) is 0 Å². The molecule has 1 aliphatic carbocycles. The summed E-state index contributed by atoms with van der Waals surface area (Å²) in [5, 5.41) is 0. The molecule has 3 nitrogen and oxygen atoms in total. The van der Waals surface area contributed by atoms with Crippen LogP contribution in [0.5, 0.6) is 0 Å². The van der Waals surface area contributed by atoms with Crippen molar-refractivity contribution in [2.75, 3.05) is 0 Å². The van der Waals surface area contributed by atoms with E-state index >= 15 is 0 Å². The van der Waals surface area contributed by atoms with E-state index in [9.17, 15) is 9.59 Å². The summed E-state index contributed by atoms with van der Waals surface area (Å²) in [6, 6.07) is 2.07. The Bertz CT molecular complexity index is 460. The van der Waals surface area contributed by atoms with E-state index < -0.39 is 0 Å². The van der Waals surface area contributed by atoms with Gasteiger partial charge in [0.25, 0.3) is 5.91 Å². The second-order valence-corrected chi connectivity index (χ2v) is 5.80. The lowest BCUT2D eigenvalue weighted by Crippen LogP contribution is -2.37. The number of carbonyl (C=O) groups excluding carboxylic acids is 2. The van der Waals surface area contributed by atoms with Crippen molar-refractivity contribution < 1.29 is 9.59 Å². The van der Waals surface area contributed by atoms with Crippen LogP contribution in [0.4, 0.5) is 0 Å². The van der Waals surface area contributed by atoms with Crippen LogP contribution in [0.2, 0.25) is 0 Å². The van der Waals surface area contributed by atoms with E-state index in [1.54, 1.807) is 11.3 Å². The van der Waals surface area contributed by atoms with Gasteiger partial charge in [-0.25, -0.2) is 0 Å². The number of carbonyl (C=O) groups is 2. The molecule has 0 radical (unpaired) electrons.